The summed E-state index contributed by atoms with van der Waals surface area (Å²) in [5.41, 5.74) is 5.86. The predicted octanol–water partition coefficient (Wildman–Crippen LogP) is 5.96. The Morgan fingerprint density at radius 2 is 1.60 bits per heavy atom. The fourth-order valence-corrected chi connectivity index (χ4v) is 3.58. The van der Waals surface area contributed by atoms with Gasteiger partial charge >= 0.3 is 0 Å². The molecular weight excluding hydrogens is 326 g/mol. The molecule has 1 N–H and O–H groups in total. The van der Waals surface area contributed by atoms with Gasteiger partial charge in [-0.1, -0.05) is 31.2 Å². The molecule has 0 fully saturated rings. The van der Waals surface area contributed by atoms with Gasteiger partial charge in [0.15, 0.2) is 5.13 Å². The van der Waals surface area contributed by atoms with Crippen molar-refractivity contribution in [3.05, 3.63) is 59.5 Å². The standard InChI is InChI=1S/C21H25N3S/c1-4-16-7-9-17(10-8-16)20-15-25-21(23-20)22-18-11-13-19(14-12-18)24(5-2)6-3/h7-15H,4-6H2,1-3H3,(H,22,23). The quantitative estimate of drug-likeness (QED) is 0.569. The smallest absolute Gasteiger partial charge is 0.187 e. The number of benzene rings is 2. The van der Waals surface area contributed by atoms with Gasteiger partial charge in [0.05, 0.1) is 5.69 Å². The topological polar surface area (TPSA) is 28.2 Å². The summed E-state index contributed by atoms with van der Waals surface area (Å²) in [5, 5.41) is 6.43. The first-order valence-corrected chi connectivity index (χ1v) is 9.78. The van der Waals surface area contributed by atoms with Gasteiger partial charge in [0.1, 0.15) is 0 Å². The maximum absolute atomic E-state index is 4.72. The van der Waals surface area contributed by atoms with Gasteiger partial charge in [-0.2, -0.15) is 0 Å². The van der Waals surface area contributed by atoms with E-state index in [2.05, 4.69) is 84.9 Å². The van der Waals surface area contributed by atoms with Crippen LogP contribution in [0.15, 0.2) is 53.9 Å². The second kappa shape index (κ2) is 8.17. The first-order chi connectivity index (χ1) is 12.2. The molecule has 0 amide bonds. The molecule has 1 aromatic heterocycles. The second-order valence-electron chi connectivity index (χ2n) is 5.93. The molecule has 0 radical (unpaired) electrons. The van der Waals surface area contributed by atoms with Crippen LogP contribution in [0.25, 0.3) is 11.3 Å². The monoisotopic (exact) mass is 351 g/mol. The highest BCUT2D eigenvalue weighted by Gasteiger charge is 2.06. The molecule has 0 atom stereocenters. The van der Waals surface area contributed by atoms with Crippen molar-refractivity contribution < 1.29 is 0 Å². The lowest BCUT2D eigenvalue weighted by Gasteiger charge is -2.21. The molecule has 130 valence electrons. The average Bonchev–Trinajstić information content (AvgIpc) is 3.12. The first-order valence-electron chi connectivity index (χ1n) is 8.90. The predicted molar refractivity (Wildman–Crippen MR) is 110 cm³/mol. The fourth-order valence-electron chi connectivity index (χ4n) is 2.84. The minimum absolute atomic E-state index is 0.921. The van der Waals surface area contributed by atoms with E-state index in [-0.39, 0.29) is 0 Å². The lowest BCUT2D eigenvalue weighted by molar-refractivity contribution is 0.866. The molecule has 3 nitrogen and oxygen atoms in total. The molecule has 0 saturated heterocycles. The zero-order chi connectivity index (χ0) is 17.6. The molecule has 1 heterocycles. The highest BCUT2D eigenvalue weighted by molar-refractivity contribution is 7.14. The third-order valence-electron chi connectivity index (χ3n) is 4.41. The molecular formula is C21H25N3S. The lowest BCUT2D eigenvalue weighted by atomic mass is 10.1. The summed E-state index contributed by atoms with van der Waals surface area (Å²) in [7, 11) is 0. The van der Waals surface area contributed by atoms with Gasteiger partial charge in [0.25, 0.3) is 0 Å². The SMILES string of the molecule is CCc1ccc(-c2csc(Nc3ccc(N(CC)CC)cc3)n2)cc1. The van der Waals surface area contributed by atoms with Crippen LogP contribution in [0.3, 0.4) is 0 Å². The van der Waals surface area contributed by atoms with E-state index < -0.39 is 0 Å². The number of rotatable bonds is 7. The molecule has 3 aromatic rings. The van der Waals surface area contributed by atoms with Crippen LogP contribution < -0.4 is 10.2 Å². The van der Waals surface area contributed by atoms with Crippen LogP contribution in [-0.4, -0.2) is 18.1 Å². The van der Waals surface area contributed by atoms with E-state index in [9.17, 15) is 0 Å². The van der Waals surface area contributed by atoms with Crippen molar-refractivity contribution in [1.82, 2.24) is 4.98 Å². The first kappa shape index (κ1) is 17.5. The van der Waals surface area contributed by atoms with E-state index in [1.165, 1.54) is 16.8 Å². The molecule has 0 aliphatic carbocycles. The highest BCUT2D eigenvalue weighted by Crippen LogP contribution is 2.28. The maximum Gasteiger partial charge on any atom is 0.187 e. The fraction of sp³-hybridized carbons (Fsp3) is 0.286. The largest absolute Gasteiger partial charge is 0.372 e. The van der Waals surface area contributed by atoms with Crippen LogP contribution in [0.4, 0.5) is 16.5 Å². The summed E-state index contributed by atoms with van der Waals surface area (Å²) in [6, 6.07) is 17.2. The van der Waals surface area contributed by atoms with Gasteiger partial charge in [0.2, 0.25) is 0 Å². The Bertz CT molecular complexity index is 787. The Morgan fingerprint density at radius 1 is 0.920 bits per heavy atom. The zero-order valence-electron chi connectivity index (χ0n) is 15.1. The maximum atomic E-state index is 4.72. The van der Waals surface area contributed by atoms with Crippen LogP contribution >= 0.6 is 11.3 Å². The highest BCUT2D eigenvalue weighted by atomic mass is 32.1. The third-order valence-corrected chi connectivity index (χ3v) is 5.17. The molecule has 0 aliphatic heterocycles. The van der Waals surface area contributed by atoms with Gasteiger partial charge in [0, 0.05) is 35.4 Å². The summed E-state index contributed by atoms with van der Waals surface area (Å²) < 4.78 is 0. The molecule has 4 heteroatoms. The number of hydrogen-bond acceptors (Lipinski definition) is 4. The minimum atomic E-state index is 0.921. The van der Waals surface area contributed by atoms with Crippen molar-refractivity contribution in [2.24, 2.45) is 0 Å². The summed E-state index contributed by atoms with van der Waals surface area (Å²) in [4.78, 5) is 7.06. The van der Waals surface area contributed by atoms with Gasteiger partial charge in [-0.05, 0) is 50.1 Å². The van der Waals surface area contributed by atoms with E-state index in [4.69, 9.17) is 4.98 Å². The van der Waals surface area contributed by atoms with Crippen LogP contribution in [0.5, 0.6) is 0 Å². The molecule has 0 aliphatic rings. The van der Waals surface area contributed by atoms with E-state index in [0.29, 0.717) is 0 Å². The molecule has 0 spiro atoms. The summed E-state index contributed by atoms with van der Waals surface area (Å²) >= 11 is 1.64. The van der Waals surface area contributed by atoms with Gasteiger partial charge in [-0.3, -0.25) is 0 Å². The van der Waals surface area contributed by atoms with E-state index in [1.807, 2.05) is 0 Å². The van der Waals surface area contributed by atoms with Crippen LogP contribution in [-0.2, 0) is 6.42 Å². The van der Waals surface area contributed by atoms with E-state index in [1.54, 1.807) is 11.3 Å². The second-order valence-corrected chi connectivity index (χ2v) is 6.79. The summed E-state index contributed by atoms with van der Waals surface area (Å²) in [5.74, 6) is 0. The lowest BCUT2D eigenvalue weighted by Crippen LogP contribution is -2.21. The van der Waals surface area contributed by atoms with Crippen molar-refractivity contribution in [3.8, 4) is 11.3 Å². The van der Waals surface area contributed by atoms with Crippen molar-refractivity contribution in [1.29, 1.82) is 0 Å². The van der Waals surface area contributed by atoms with Gasteiger partial charge in [-0.25, -0.2) is 4.98 Å². The summed E-state index contributed by atoms with van der Waals surface area (Å²) in [6.07, 6.45) is 1.06. The van der Waals surface area contributed by atoms with Crippen molar-refractivity contribution in [2.45, 2.75) is 27.2 Å². The number of aromatic nitrogens is 1. The Hall–Kier alpha value is -2.33. The minimum Gasteiger partial charge on any atom is -0.372 e. The molecule has 3 rings (SSSR count). The van der Waals surface area contributed by atoms with Gasteiger partial charge in [-0.15, -0.1) is 11.3 Å². The number of aryl methyl sites for hydroxylation is 1. The third kappa shape index (κ3) is 4.20. The molecule has 2 aromatic carbocycles. The van der Waals surface area contributed by atoms with Crippen molar-refractivity contribution in [3.63, 3.8) is 0 Å². The number of nitrogens with zero attached hydrogens (tertiary/aromatic N) is 2. The molecule has 0 unspecified atom stereocenters. The number of nitrogens with one attached hydrogen (secondary N) is 1. The summed E-state index contributed by atoms with van der Waals surface area (Å²) in [6.45, 7) is 8.58. The van der Waals surface area contributed by atoms with Crippen molar-refractivity contribution >= 4 is 27.8 Å². The number of anilines is 3. The van der Waals surface area contributed by atoms with Crippen LogP contribution in [0, 0.1) is 0 Å². The zero-order valence-corrected chi connectivity index (χ0v) is 15.9. The number of thiazole rings is 1. The Kier molecular flexibility index (Phi) is 5.71. The average molecular weight is 352 g/mol. The molecule has 0 saturated carbocycles. The normalized spacial score (nSPS) is 10.7. The van der Waals surface area contributed by atoms with Crippen LogP contribution in [0.1, 0.15) is 26.3 Å². The van der Waals surface area contributed by atoms with E-state index in [0.717, 1.165) is 36.0 Å². The van der Waals surface area contributed by atoms with Crippen LogP contribution in [0.2, 0.25) is 0 Å². The Morgan fingerprint density at radius 3 is 2.20 bits per heavy atom. The number of hydrogen-bond donors (Lipinski definition) is 1. The van der Waals surface area contributed by atoms with E-state index >= 15 is 0 Å². The Balaban J connectivity index is 1.70. The van der Waals surface area contributed by atoms with Crippen molar-refractivity contribution in [2.75, 3.05) is 23.3 Å². The van der Waals surface area contributed by atoms with Gasteiger partial charge < -0.3 is 10.2 Å². The molecule has 0 bridgehead atoms. The molecule has 25 heavy (non-hydrogen) atoms. The Labute approximate surface area is 154 Å².